The molecule has 9 heteroatoms. The van der Waals surface area contributed by atoms with E-state index in [1.807, 2.05) is 0 Å². The van der Waals surface area contributed by atoms with Gasteiger partial charge in [0, 0.05) is 23.9 Å². The molecule has 4 N–H and O–H groups in total. The molecule has 0 amide bonds. The minimum absolute atomic E-state index is 0.0833. The highest BCUT2D eigenvalue weighted by Crippen LogP contribution is 2.41. The van der Waals surface area contributed by atoms with Crippen LogP contribution in [-0.2, 0) is 0 Å². The zero-order chi connectivity index (χ0) is 18.1. The molecule has 2 atom stereocenters. The van der Waals surface area contributed by atoms with Crippen LogP contribution in [0.4, 0.5) is 11.4 Å². The van der Waals surface area contributed by atoms with Crippen molar-refractivity contribution in [2.75, 3.05) is 23.9 Å². The van der Waals surface area contributed by atoms with Crippen LogP contribution in [0.5, 0.6) is 0 Å². The van der Waals surface area contributed by atoms with E-state index in [1.165, 1.54) is 21.2 Å². The number of nitrogens with zero attached hydrogens (tertiary/aromatic N) is 2. The first-order chi connectivity index (χ1) is 12.6. The number of hydrogen-bond acceptors (Lipinski definition) is 7. The van der Waals surface area contributed by atoms with E-state index in [0.29, 0.717) is 5.11 Å². The third-order valence-electron chi connectivity index (χ3n) is 4.29. The molecule has 0 aliphatic carbocycles. The van der Waals surface area contributed by atoms with E-state index in [-0.39, 0.29) is 11.0 Å². The van der Waals surface area contributed by atoms with Crippen LogP contribution >= 0.6 is 35.7 Å². The fourth-order valence-corrected chi connectivity index (χ4v) is 5.24. The Hall–Kier alpha value is -1.65. The normalized spacial score (nSPS) is 20.7. The Balaban J connectivity index is 1.25. The largest absolute Gasteiger partial charge is 0.348 e. The van der Waals surface area contributed by atoms with Gasteiger partial charge in [0.15, 0.2) is 5.11 Å². The third-order valence-corrected chi connectivity index (χ3v) is 7.01. The Bertz CT molecular complexity index is 751. The van der Waals surface area contributed by atoms with E-state index >= 15 is 0 Å². The van der Waals surface area contributed by atoms with Gasteiger partial charge in [0.2, 0.25) is 0 Å². The number of thioether (sulfide) groups is 2. The fourth-order valence-electron chi connectivity index (χ4n) is 2.89. The number of para-hydroxylation sites is 2. The van der Waals surface area contributed by atoms with Crippen molar-refractivity contribution in [3.8, 4) is 0 Å². The minimum Gasteiger partial charge on any atom is -0.348 e. The predicted octanol–water partition coefficient (Wildman–Crippen LogP) is 2.51. The van der Waals surface area contributed by atoms with E-state index in [2.05, 4.69) is 94.1 Å². The molecule has 2 aliphatic heterocycles. The average Bonchev–Trinajstić information content (AvgIpc) is 3.16. The van der Waals surface area contributed by atoms with E-state index in [0.717, 1.165) is 0 Å². The first kappa shape index (κ1) is 17.7. The first-order valence-corrected chi connectivity index (χ1v) is 10.3. The highest BCUT2D eigenvalue weighted by atomic mass is 32.2. The van der Waals surface area contributed by atoms with Gasteiger partial charge in [-0.05, 0) is 36.5 Å². The fraction of sp³-hybridized carbons (Fsp3) is 0.235. The lowest BCUT2D eigenvalue weighted by atomic mass is 10.3. The van der Waals surface area contributed by atoms with Gasteiger partial charge in [-0.2, -0.15) is 0 Å². The summed E-state index contributed by atoms with van der Waals surface area (Å²) < 4.78 is 0. The van der Waals surface area contributed by atoms with Crippen LogP contribution < -0.4 is 31.5 Å². The molecule has 2 aromatic carbocycles. The van der Waals surface area contributed by atoms with Crippen molar-refractivity contribution in [3.63, 3.8) is 0 Å². The average molecular weight is 405 g/mol. The Morgan fingerprint density at radius 1 is 0.808 bits per heavy atom. The predicted molar refractivity (Wildman–Crippen MR) is 114 cm³/mol. The molecule has 0 bridgehead atoms. The van der Waals surface area contributed by atoms with Crippen LogP contribution in [0.25, 0.3) is 0 Å². The molecular weight excluding hydrogens is 384 g/mol. The number of hydrazine groups is 2. The number of nitrogens with one attached hydrogen (secondary N) is 4. The Morgan fingerprint density at radius 3 is 1.65 bits per heavy atom. The number of hydrogen-bond donors (Lipinski definition) is 4. The molecule has 0 saturated carbocycles. The molecule has 0 spiro atoms. The molecule has 0 fully saturated rings. The molecule has 6 nitrogen and oxygen atoms in total. The van der Waals surface area contributed by atoms with Gasteiger partial charge in [-0.25, -0.2) is 10.9 Å². The van der Waals surface area contributed by atoms with Crippen molar-refractivity contribution >= 4 is 52.2 Å². The minimum atomic E-state index is 0.0833. The van der Waals surface area contributed by atoms with Crippen LogP contribution in [0.2, 0.25) is 0 Å². The number of fused-ring (bicyclic) bond motifs is 2. The monoisotopic (exact) mass is 404 g/mol. The van der Waals surface area contributed by atoms with Crippen molar-refractivity contribution < 1.29 is 0 Å². The van der Waals surface area contributed by atoms with E-state index < -0.39 is 0 Å². The molecule has 4 rings (SSSR count). The maximum atomic E-state index is 5.37. The van der Waals surface area contributed by atoms with Crippen LogP contribution in [0.3, 0.4) is 0 Å². The van der Waals surface area contributed by atoms with Crippen molar-refractivity contribution in [2.45, 2.75) is 20.8 Å². The summed E-state index contributed by atoms with van der Waals surface area (Å²) in [5, 5.41) is 0.500. The molecule has 2 heterocycles. The molecular formula is C17H20N6S3. The summed E-state index contributed by atoms with van der Waals surface area (Å²) in [6.45, 7) is 0. The lowest BCUT2D eigenvalue weighted by molar-refractivity contribution is 0.565. The molecule has 26 heavy (non-hydrogen) atoms. The molecule has 0 radical (unpaired) electrons. The summed E-state index contributed by atoms with van der Waals surface area (Å²) in [4.78, 5) is 6.88. The molecule has 136 valence electrons. The Morgan fingerprint density at radius 2 is 1.23 bits per heavy atom. The van der Waals surface area contributed by atoms with Crippen molar-refractivity contribution in [1.82, 2.24) is 21.7 Å². The van der Waals surface area contributed by atoms with E-state index in [4.69, 9.17) is 12.2 Å². The van der Waals surface area contributed by atoms with Crippen LogP contribution in [0, 0.1) is 0 Å². The summed E-state index contributed by atoms with van der Waals surface area (Å²) >= 11 is 8.88. The second kappa shape index (κ2) is 7.53. The SMILES string of the molecule is CN1c2ccccc2SC1NNC(=S)NNC1Sc2ccccc2N1C. The summed E-state index contributed by atoms with van der Waals surface area (Å²) in [5.41, 5.74) is 15.3. The summed E-state index contributed by atoms with van der Waals surface area (Å²) in [6.07, 6.45) is 0. The second-order valence-electron chi connectivity index (χ2n) is 5.97. The quantitative estimate of drug-likeness (QED) is 0.455. The highest BCUT2D eigenvalue weighted by molar-refractivity contribution is 8.00. The number of benzene rings is 2. The highest BCUT2D eigenvalue weighted by Gasteiger charge is 2.28. The van der Waals surface area contributed by atoms with Crippen LogP contribution in [-0.4, -0.2) is 30.2 Å². The zero-order valence-corrected chi connectivity index (χ0v) is 16.8. The smallest absolute Gasteiger partial charge is 0.195 e. The Labute approximate surface area is 167 Å². The van der Waals surface area contributed by atoms with Crippen molar-refractivity contribution in [1.29, 1.82) is 0 Å². The van der Waals surface area contributed by atoms with E-state index in [1.54, 1.807) is 23.5 Å². The third kappa shape index (κ3) is 3.45. The number of anilines is 2. The zero-order valence-electron chi connectivity index (χ0n) is 14.4. The lowest BCUT2D eigenvalue weighted by Crippen LogP contribution is -2.57. The molecule has 0 saturated heterocycles. The van der Waals surface area contributed by atoms with Crippen molar-refractivity contribution in [3.05, 3.63) is 48.5 Å². The summed E-state index contributed by atoms with van der Waals surface area (Å²) in [5.74, 6) is 0. The van der Waals surface area contributed by atoms with Gasteiger partial charge < -0.3 is 9.80 Å². The number of rotatable bonds is 4. The van der Waals surface area contributed by atoms with Crippen LogP contribution in [0.1, 0.15) is 0 Å². The van der Waals surface area contributed by atoms with Crippen molar-refractivity contribution in [2.24, 2.45) is 0 Å². The van der Waals surface area contributed by atoms with Gasteiger partial charge in [-0.15, -0.1) is 0 Å². The van der Waals surface area contributed by atoms with Gasteiger partial charge in [0.1, 0.15) is 11.0 Å². The number of thiocarbonyl (C=S) groups is 1. The van der Waals surface area contributed by atoms with Gasteiger partial charge in [0.25, 0.3) is 0 Å². The maximum absolute atomic E-state index is 5.37. The molecule has 2 aliphatic rings. The topological polar surface area (TPSA) is 54.6 Å². The molecule has 2 aromatic rings. The standard InChI is InChI=1S/C17H20N6S3/c1-22-11-7-3-5-9-13(11)25-16(22)20-18-15(24)19-21-17-23(2)12-8-4-6-10-14(12)26-17/h3-10,16-17,20-21H,1-2H3,(H2,18,19,24). The second-order valence-corrected chi connectivity index (χ2v) is 8.62. The summed E-state index contributed by atoms with van der Waals surface area (Å²) in [7, 11) is 4.13. The molecule has 2 unspecified atom stereocenters. The van der Waals surface area contributed by atoms with Gasteiger partial charge in [-0.1, -0.05) is 47.8 Å². The Kier molecular flexibility index (Phi) is 5.14. The van der Waals surface area contributed by atoms with E-state index in [9.17, 15) is 0 Å². The van der Waals surface area contributed by atoms with Gasteiger partial charge in [0.05, 0.1) is 11.4 Å². The van der Waals surface area contributed by atoms with Gasteiger partial charge >= 0.3 is 0 Å². The lowest BCUT2D eigenvalue weighted by Gasteiger charge is -2.26. The first-order valence-electron chi connectivity index (χ1n) is 8.17. The summed E-state index contributed by atoms with van der Waals surface area (Å²) in [6, 6.07) is 16.7. The maximum Gasteiger partial charge on any atom is 0.195 e. The van der Waals surface area contributed by atoms with Gasteiger partial charge in [-0.3, -0.25) is 10.9 Å². The molecule has 0 aromatic heterocycles. The van der Waals surface area contributed by atoms with Crippen LogP contribution in [0.15, 0.2) is 58.3 Å².